The number of carbonyl (C=O) groups excluding carboxylic acids is 1. The van der Waals surface area contributed by atoms with Gasteiger partial charge >= 0.3 is 12.0 Å². The number of carbonyl (C=O) groups is 2. The summed E-state index contributed by atoms with van der Waals surface area (Å²) in [6.07, 6.45) is 0.788. The van der Waals surface area contributed by atoms with Crippen LogP contribution in [0, 0.1) is 5.92 Å². The third kappa shape index (κ3) is 5.46. The topological polar surface area (TPSA) is 70.1 Å². The van der Waals surface area contributed by atoms with E-state index in [-0.39, 0.29) is 24.6 Å². The Morgan fingerprint density at radius 1 is 1.47 bits per heavy atom. The van der Waals surface area contributed by atoms with Gasteiger partial charge in [-0.3, -0.25) is 4.79 Å². The first-order valence-electron chi connectivity index (χ1n) is 6.77. The molecule has 110 valence electrons. The molecule has 0 aromatic rings. The molecule has 1 N–H and O–H groups in total. The zero-order valence-corrected chi connectivity index (χ0v) is 12.0. The summed E-state index contributed by atoms with van der Waals surface area (Å²) >= 11 is 0. The molecule has 19 heavy (non-hydrogen) atoms. The van der Waals surface area contributed by atoms with Crippen molar-refractivity contribution in [2.24, 2.45) is 5.92 Å². The Morgan fingerprint density at radius 2 is 2.16 bits per heavy atom. The highest BCUT2D eigenvalue weighted by Crippen LogP contribution is 2.10. The Morgan fingerprint density at radius 3 is 2.74 bits per heavy atom. The van der Waals surface area contributed by atoms with Crippen molar-refractivity contribution < 1.29 is 19.4 Å². The maximum Gasteiger partial charge on any atom is 0.323 e. The number of urea groups is 1. The fourth-order valence-corrected chi connectivity index (χ4v) is 2.18. The van der Waals surface area contributed by atoms with Crippen LogP contribution in [0.15, 0.2) is 0 Å². The van der Waals surface area contributed by atoms with Gasteiger partial charge in [0.05, 0.1) is 6.10 Å². The Hall–Kier alpha value is -1.30. The summed E-state index contributed by atoms with van der Waals surface area (Å²) in [4.78, 5) is 26.4. The van der Waals surface area contributed by atoms with Crippen molar-refractivity contribution in [1.29, 1.82) is 0 Å². The van der Waals surface area contributed by atoms with Gasteiger partial charge in [0.15, 0.2) is 0 Å². The van der Waals surface area contributed by atoms with Gasteiger partial charge in [0.2, 0.25) is 0 Å². The quantitative estimate of drug-likeness (QED) is 0.836. The molecule has 1 fully saturated rings. The molecular formula is C13H24N2O4. The molecule has 0 aromatic heterocycles. The van der Waals surface area contributed by atoms with E-state index < -0.39 is 5.97 Å². The minimum atomic E-state index is -0.979. The molecule has 2 amide bonds. The molecular weight excluding hydrogens is 248 g/mol. The highest BCUT2D eigenvalue weighted by Gasteiger charge is 2.26. The van der Waals surface area contributed by atoms with Gasteiger partial charge in [0.25, 0.3) is 0 Å². The molecule has 0 aromatic carbocycles. The van der Waals surface area contributed by atoms with E-state index >= 15 is 0 Å². The Balaban J connectivity index is 2.70. The predicted molar refractivity (Wildman–Crippen MR) is 71.0 cm³/mol. The first kappa shape index (κ1) is 15.8. The molecule has 1 rings (SSSR count). The summed E-state index contributed by atoms with van der Waals surface area (Å²) in [6, 6.07) is -0.201. The van der Waals surface area contributed by atoms with Crippen LogP contribution in [0.2, 0.25) is 0 Å². The second-order valence-electron chi connectivity index (χ2n) is 5.43. The van der Waals surface area contributed by atoms with Gasteiger partial charge in [-0.15, -0.1) is 0 Å². The van der Waals surface area contributed by atoms with Crippen molar-refractivity contribution >= 4 is 12.0 Å². The largest absolute Gasteiger partial charge is 0.480 e. The maximum atomic E-state index is 12.4. The number of aliphatic carboxylic acids is 1. The van der Waals surface area contributed by atoms with Crippen molar-refractivity contribution in [3.8, 4) is 0 Å². The third-order valence-electron chi connectivity index (χ3n) is 2.90. The maximum absolute atomic E-state index is 12.4. The van der Waals surface area contributed by atoms with Crippen LogP contribution in [0.5, 0.6) is 0 Å². The van der Waals surface area contributed by atoms with Crippen molar-refractivity contribution in [3.63, 3.8) is 0 Å². The summed E-state index contributed by atoms with van der Waals surface area (Å²) in [5.41, 5.74) is 0. The number of amides is 2. The van der Waals surface area contributed by atoms with E-state index in [4.69, 9.17) is 9.84 Å². The summed E-state index contributed by atoms with van der Waals surface area (Å²) in [5.74, 6) is -0.739. The molecule has 0 aliphatic carbocycles. The van der Waals surface area contributed by atoms with E-state index in [2.05, 4.69) is 0 Å². The van der Waals surface area contributed by atoms with Crippen LogP contribution in [0.25, 0.3) is 0 Å². The van der Waals surface area contributed by atoms with E-state index in [1.165, 1.54) is 4.90 Å². The van der Waals surface area contributed by atoms with Gasteiger partial charge in [-0.25, -0.2) is 4.79 Å². The number of carboxylic acids is 1. The van der Waals surface area contributed by atoms with Crippen LogP contribution >= 0.6 is 0 Å². The van der Waals surface area contributed by atoms with Crippen LogP contribution in [0.4, 0.5) is 4.79 Å². The molecule has 1 saturated heterocycles. The molecule has 0 radical (unpaired) electrons. The lowest BCUT2D eigenvalue weighted by molar-refractivity contribution is -0.137. The number of hydrogen-bond acceptors (Lipinski definition) is 3. The van der Waals surface area contributed by atoms with Crippen LogP contribution in [-0.4, -0.2) is 65.8 Å². The fourth-order valence-electron chi connectivity index (χ4n) is 2.18. The monoisotopic (exact) mass is 272 g/mol. The lowest BCUT2D eigenvalue weighted by Crippen LogP contribution is -2.48. The molecule has 1 aliphatic rings. The van der Waals surface area contributed by atoms with Crippen LogP contribution in [-0.2, 0) is 9.53 Å². The number of hydrogen-bond donors (Lipinski definition) is 1. The highest BCUT2D eigenvalue weighted by atomic mass is 16.5. The van der Waals surface area contributed by atoms with Crippen LogP contribution < -0.4 is 0 Å². The Labute approximate surface area is 114 Å². The summed E-state index contributed by atoms with van der Waals surface area (Å²) in [7, 11) is 0. The van der Waals surface area contributed by atoms with Crippen molar-refractivity contribution in [1.82, 2.24) is 9.80 Å². The van der Waals surface area contributed by atoms with Gasteiger partial charge in [-0.2, -0.15) is 0 Å². The predicted octanol–water partition coefficient (Wildman–Crippen LogP) is 1.26. The van der Waals surface area contributed by atoms with E-state index in [9.17, 15) is 9.59 Å². The molecule has 1 aliphatic heterocycles. The first-order chi connectivity index (χ1) is 8.90. The number of rotatable bonds is 4. The Bertz CT molecular complexity index is 320. The third-order valence-corrected chi connectivity index (χ3v) is 2.90. The number of ether oxygens (including phenoxy) is 1. The number of carboxylic acid groups (broad SMARTS) is 1. The average molecular weight is 272 g/mol. The van der Waals surface area contributed by atoms with Gasteiger partial charge < -0.3 is 19.6 Å². The minimum absolute atomic E-state index is 0.00261. The average Bonchev–Trinajstić information content (AvgIpc) is 2.50. The summed E-state index contributed by atoms with van der Waals surface area (Å²) < 4.78 is 5.50. The van der Waals surface area contributed by atoms with Gasteiger partial charge in [0.1, 0.15) is 6.54 Å². The van der Waals surface area contributed by atoms with E-state index in [1.54, 1.807) is 4.90 Å². The highest BCUT2D eigenvalue weighted by molar-refractivity contribution is 5.80. The molecule has 0 saturated carbocycles. The Kier molecular flexibility index (Phi) is 6.08. The lowest BCUT2D eigenvalue weighted by atomic mass is 10.2. The molecule has 6 heteroatoms. The van der Waals surface area contributed by atoms with Crippen molar-refractivity contribution in [3.05, 3.63) is 0 Å². The summed E-state index contributed by atoms with van der Waals surface area (Å²) in [5, 5.41) is 8.91. The van der Waals surface area contributed by atoms with E-state index in [0.29, 0.717) is 26.2 Å². The van der Waals surface area contributed by atoms with Gasteiger partial charge in [-0.1, -0.05) is 13.8 Å². The summed E-state index contributed by atoms with van der Waals surface area (Å²) in [6.45, 7) is 7.86. The molecule has 0 bridgehead atoms. The minimum Gasteiger partial charge on any atom is -0.480 e. The number of nitrogens with zero attached hydrogens (tertiary/aromatic N) is 2. The fraction of sp³-hybridized carbons (Fsp3) is 0.846. The standard InChI is InChI=1S/C13H24N2O4/c1-10(2)7-15(9-12(16)17)13(18)14-5-4-6-19-11(3)8-14/h10-11H,4-9H2,1-3H3,(H,16,17). The molecule has 1 unspecified atom stereocenters. The smallest absolute Gasteiger partial charge is 0.323 e. The second kappa shape index (κ2) is 7.33. The van der Waals surface area contributed by atoms with Crippen LogP contribution in [0.1, 0.15) is 27.2 Å². The SMILES string of the molecule is CC(C)CN(CC(=O)O)C(=O)N1CCCOC(C)C1. The first-order valence-corrected chi connectivity index (χ1v) is 6.77. The van der Waals surface area contributed by atoms with Crippen LogP contribution in [0.3, 0.4) is 0 Å². The zero-order chi connectivity index (χ0) is 14.4. The normalized spacial score (nSPS) is 20.2. The zero-order valence-electron chi connectivity index (χ0n) is 12.0. The van der Waals surface area contributed by atoms with Crippen molar-refractivity contribution in [2.75, 3.05) is 32.8 Å². The molecule has 1 atom stereocenters. The van der Waals surface area contributed by atoms with E-state index in [1.807, 2.05) is 20.8 Å². The molecule has 0 spiro atoms. The lowest BCUT2D eigenvalue weighted by Gasteiger charge is -2.30. The van der Waals surface area contributed by atoms with Gasteiger partial charge in [0, 0.05) is 26.2 Å². The van der Waals surface area contributed by atoms with Crippen molar-refractivity contribution in [2.45, 2.75) is 33.3 Å². The van der Waals surface area contributed by atoms with Gasteiger partial charge in [-0.05, 0) is 19.3 Å². The second-order valence-corrected chi connectivity index (χ2v) is 5.43. The molecule has 6 nitrogen and oxygen atoms in total. The molecule has 1 heterocycles. The van der Waals surface area contributed by atoms with E-state index in [0.717, 1.165) is 6.42 Å².